The van der Waals surface area contributed by atoms with E-state index in [0.717, 1.165) is 0 Å². The van der Waals surface area contributed by atoms with Gasteiger partial charge < -0.3 is 9.84 Å². The Morgan fingerprint density at radius 2 is 2.10 bits per heavy atom. The van der Waals surface area contributed by atoms with Crippen molar-refractivity contribution in [2.24, 2.45) is 0 Å². The molecule has 1 aromatic heterocycles. The van der Waals surface area contributed by atoms with Crippen molar-refractivity contribution in [3.8, 4) is 5.75 Å². The normalized spacial score (nSPS) is 13.2. The lowest BCUT2D eigenvalue weighted by Crippen LogP contribution is -2.22. The van der Waals surface area contributed by atoms with Gasteiger partial charge in [0, 0.05) is 5.41 Å². The highest BCUT2D eigenvalue weighted by atomic mass is 19.1. The molecule has 1 heterocycles. The Bertz CT molecular complexity index is 622. The van der Waals surface area contributed by atoms with Gasteiger partial charge in [-0.25, -0.2) is 9.07 Å². The second kappa shape index (κ2) is 5.77. The van der Waals surface area contributed by atoms with E-state index in [1.165, 1.54) is 23.9 Å². The Morgan fingerprint density at radius 1 is 1.38 bits per heavy atom. The van der Waals surface area contributed by atoms with Crippen molar-refractivity contribution in [3.63, 3.8) is 0 Å². The van der Waals surface area contributed by atoms with Gasteiger partial charge in [0.05, 0.1) is 19.8 Å². The van der Waals surface area contributed by atoms with Crippen molar-refractivity contribution in [2.45, 2.75) is 38.8 Å². The van der Waals surface area contributed by atoms with Crippen LogP contribution in [0.2, 0.25) is 0 Å². The molecule has 0 fully saturated rings. The first kappa shape index (κ1) is 15.4. The zero-order valence-electron chi connectivity index (χ0n) is 12.5. The van der Waals surface area contributed by atoms with E-state index in [1.807, 2.05) is 20.8 Å². The van der Waals surface area contributed by atoms with Crippen LogP contribution in [-0.2, 0) is 12.0 Å². The van der Waals surface area contributed by atoms with Gasteiger partial charge in [0.1, 0.15) is 0 Å². The molecule has 1 N–H and O–H groups in total. The van der Waals surface area contributed by atoms with Gasteiger partial charge in [-0.05, 0) is 28.1 Å². The van der Waals surface area contributed by atoms with Gasteiger partial charge in [-0.1, -0.05) is 26.8 Å². The molecular weight excluding hydrogens is 275 g/mol. The fraction of sp³-hybridized carbons (Fsp3) is 0.500. The van der Waals surface area contributed by atoms with Crippen LogP contribution in [0.25, 0.3) is 0 Å². The molecule has 0 bridgehead atoms. The zero-order valence-corrected chi connectivity index (χ0v) is 12.5. The fourth-order valence-electron chi connectivity index (χ4n) is 2.02. The summed E-state index contributed by atoms with van der Waals surface area (Å²) in [6, 6.07) is 4.36. The molecule has 0 aliphatic heterocycles. The van der Waals surface area contributed by atoms with Gasteiger partial charge in [-0.2, -0.15) is 0 Å². The van der Waals surface area contributed by atoms with E-state index in [9.17, 15) is 9.50 Å². The fourth-order valence-corrected chi connectivity index (χ4v) is 2.02. The lowest BCUT2D eigenvalue weighted by Gasteiger charge is -2.19. The molecule has 0 saturated heterocycles. The Balaban J connectivity index is 2.21. The number of benzene rings is 1. The van der Waals surface area contributed by atoms with Gasteiger partial charge >= 0.3 is 0 Å². The quantitative estimate of drug-likeness (QED) is 0.931. The van der Waals surface area contributed by atoms with E-state index >= 15 is 0 Å². The Hall–Kier alpha value is -2.02. The first-order valence-electron chi connectivity index (χ1n) is 6.61. The van der Waals surface area contributed by atoms with Gasteiger partial charge in [-0.3, -0.25) is 0 Å². The molecule has 6 nitrogen and oxygen atoms in total. The summed E-state index contributed by atoms with van der Waals surface area (Å²) in [6.07, 6.45) is -0.907. The number of aliphatic hydroxyl groups excluding tert-OH is 1. The van der Waals surface area contributed by atoms with Crippen molar-refractivity contribution >= 4 is 0 Å². The van der Waals surface area contributed by atoms with E-state index in [1.54, 1.807) is 6.07 Å². The molecule has 1 atom stereocenters. The monoisotopic (exact) mass is 294 g/mol. The number of methoxy groups -OCH3 is 1. The van der Waals surface area contributed by atoms with Crippen LogP contribution in [0.15, 0.2) is 18.2 Å². The SMILES string of the molecule is COc1ccc(C(O)Cn2nnnc2C(C)(C)C)cc1F. The average Bonchev–Trinajstić information content (AvgIpc) is 2.86. The topological polar surface area (TPSA) is 73.1 Å². The molecular formula is C14H19FN4O2. The summed E-state index contributed by atoms with van der Waals surface area (Å²) >= 11 is 0. The summed E-state index contributed by atoms with van der Waals surface area (Å²) in [5, 5.41) is 21.7. The largest absolute Gasteiger partial charge is 0.494 e. The van der Waals surface area contributed by atoms with Crippen molar-refractivity contribution in [3.05, 3.63) is 35.4 Å². The molecule has 1 aromatic carbocycles. The predicted octanol–water partition coefficient (Wildman–Crippen LogP) is 1.85. The highest BCUT2D eigenvalue weighted by Gasteiger charge is 2.23. The second-order valence-electron chi connectivity index (χ2n) is 5.84. The third kappa shape index (κ3) is 3.36. The van der Waals surface area contributed by atoms with Crippen molar-refractivity contribution in [2.75, 3.05) is 7.11 Å². The van der Waals surface area contributed by atoms with Crippen molar-refractivity contribution in [1.29, 1.82) is 0 Å². The highest BCUT2D eigenvalue weighted by Crippen LogP contribution is 2.24. The van der Waals surface area contributed by atoms with Gasteiger partial charge in [0.15, 0.2) is 17.4 Å². The van der Waals surface area contributed by atoms with E-state index in [4.69, 9.17) is 4.74 Å². The van der Waals surface area contributed by atoms with Gasteiger partial charge in [0.2, 0.25) is 0 Å². The summed E-state index contributed by atoms with van der Waals surface area (Å²) in [7, 11) is 1.39. The number of rotatable bonds is 4. The maximum absolute atomic E-state index is 13.7. The first-order chi connectivity index (χ1) is 9.82. The standard InChI is InChI=1S/C14H19FN4O2/c1-14(2,3)13-16-17-18-19(13)8-11(20)9-5-6-12(21-4)10(15)7-9/h5-7,11,20H,8H2,1-4H3. The Morgan fingerprint density at radius 3 is 2.67 bits per heavy atom. The number of hydrogen-bond donors (Lipinski definition) is 1. The van der Waals surface area contributed by atoms with Gasteiger partial charge in [0.25, 0.3) is 0 Å². The molecule has 1 unspecified atom stereocenters. The number of halogens is 1. The minimum Gasteiger partial charge on any atom is -0.494 e. The molecule has 7 heteroatoms. The summed E-state index contributed by atoms with van der Waals surface area (Å²) in [6.45, 7) is 6.10. The van der Waals surface area contributed by atoms with Crippen LogP contribution in [0.5, 0.6) is 5.75 Å². The highest BCUT2D eigenvalue weighted by molar-refractivity contribution is 5.30. The van der Waals surface area contributed by atoms with Crippen LogP contribution in [0.4, 0.5) is 4.39 Å². The maximum atomic E-state index is 13.7. The zero-order chi connectivity index (χ0) is 15.6. The summed E-state index contributed by atoms with van der Waals surface area (Å²) in [5.41, 5.74) is 0.206. The van der Waals surface area contributed by atoms with E-state index in [-0.39, 0.29) is 17.7 Å². The summed E-state index contributed by atoms with van der Waals surface area (Å²) in [5.74, 6) is 0.293. The molecule has 2 rings (SSSR count). The molecule has 0 radical (unpaired) electrons. The smallest absolute Gasteiger partial charge is 0.165 e. The predicted molar refractivity (Wildman–Crippen MR) is 74.4 cm³/mol. The van der Waals surface area contributed by atoms with E-state index in [2.05, 4.69) is 15.5 Å². The second-order valence-corrected chi connectivity index (χ2v) is 5.84. The average molecular weight is 294 g/mol. The number of ether oxygens (including phenoxy) is 1. The van der Waals surface area contributed by atoms with Crippen LogP contribution in [-0.4, -0.2) is 32.4 Å². The summed E-state index contributed by atoms with van der Waals surface area (Å²) in [4.78, 5) is 0. The summed E-state index contributed by atoms with van der Waals surface area (Å²) < 4.78 is 20.1. The third-order valence-corrected chi connectivity index (χ3v) is 3.11. The van der Waals surface area contributed by atoms with Crippen LogP contribution in [0.1, 0.15) is 38.3 Å². The number of hydrogen-bond acceptors (Lipinski definition) is 5. The lowest BCUT2D eigenvalue weighted by molar-refractivity contribution is 0.147. The molecule has 2 aromatic rings. The van der Waals surface area contributed by atoms with Crippen LogP contribution >= 0.6 is 0 Å². The first-order valence-corrected chi connectivity index (χ1v) is 6.61. The third-order valence-electron chi connectivity index (χ3n) is 3.11. The number of nitrogens with zero attached hydrogens (tertiary/aromatic N) is 4. The minimum absolute atomic E-state index is 0.142. The molecule has 21 heavy (non-hydrogen) atoms. The van der Waals surface area contributed by atoms with E-state index in [0.29, 0.717) is 11.4 Å². The maximum Gasteiger partial charge on any atom is 0.165 e. The minimum atomic E-state index is -0.907. The molecule has 0 spiro atoms. The molecule has 114 valence electrons. The lowest BCUT2D eigenvalue weighted by atomic mass is 9.95. The molecule has 0 aliphatic carbocycles. The van der Waals surface area contributed by atoms with Crippen molar-refractivity contribution in [1.82, 2.24) is 20.2 Å². The van der Waals surface area contributed by atoms with Crippen LogP contribution < -0.4 is 4.74 Å². The molecule has 0 saturated carbocycles. The van der Waals surface area contributed by atoms with Crippen LogP contribution in [0.3, 0.4) is 0 Å². The van der Waals surface area contributed by atoms with Crippen LogP contribution in [0, 0.1) is 5.82 Å². The van der Waals surface area contributed by atoms with E-state index < -0.39 is 11.9 Å². The Kier molecular flexibility index (Phi) is 4.22. The molecule has 0 amide bonds. The number of tetrazole rings is 1. The Labute approximate surface area is 122 Å². The number of aliphatic hydroxyl groups is 1. The van der Waals surface area contributed by atoms with Crippen molar-refractivity contribution < 1.29 is 14.2 Å². The molecule has 0 aliphatic rings. The number of aromatic nitrogens is 4. The van der Waals surface area contributed by atoms with Gasteiger partial charge in [-0.15, -0.1) is 5.10 Å².